The topological polar surface area (TPSA) is 179 Å². The van der Waals surface area contributed by atoms with Crippen molar-refractivity contribution in [2.24, 2.45) is 21.7 Å². The molecule has 0 aromatic carbocycles. The minimum absolute atomic E-state index is 0.0352. The van der Waals surface area contributed by atoms with Crippen LogP contribution in [0.5, 0.6) is 0 Å². The number of hydrogen-bond acceptors (Lipinski definition) is 10. The van der Waals surface area contributed by atoms with Crippen molar-refractivity contribution in [1.29, 1.82) is 0 Å². The van der Waals surface area contributed by atoms with Crippen LogP contribution in [0.15, 0.2) is 0 Å². The van der Waals surface area contributed by atoms with Gasteiger partial charge in [0, 0.05) is 34.7 Å². The molecule has 0 aliphatic heterocycles. The normalized spacial score (nSPS) is 12.4. The van der Waals surface area contributed by atoms with Gasteiger partial charge < -0.3 is 39.6 Å². The van der Waals surface area contributed by atoms with Gasteiger partial charge in [0.05, 0.1) is 0 Å². The summed E-state index contributed by atoms with van der Waals surface area (Å²) in [5.41, 5.74) is -2.94. The SMILES string of the molecule is CC(C)(CCCC(=O)[O-])C(C)(C)C(=O)[O-].CC(C)(CCCC(=O)[O-])C(C)(C)C(=O)[O-].CC(C)[O][Ti+4][O]C(C)C. The Balaban J connectivity index is -0.000000516. The molecule has 0 amide bonds. The number of carbonyl (C=O) groups excluding carboxylic acids is 4. The summed E-state index contributed by atoms with van der Waals surface area (Å²) < 4.78 is 10.5. The monoisotopic (exact) mass is 594 g/mol. The van der Waals surface area contributed by atoms with Crippen LogP contribution in [0.25, 0.3) is 0 Å². The fourth-order valence-corrected chi connectivity index (χ4v) is 3.43. The van der Waals surface area contributed by atoms with Crippen molar-refractivity contribution in [3.05, 3.63) is 0 Å². The van der Waals surface area contributed by atoms with E-state index < -0.39 is 65.5 Å². The van der Waals surface area contributed by atoms with Gasteiger partial charge in [0.15, 0.2) is 0 Å². The molecule has 10 nitrogen and oxygen atoms in total. The van der Waals surface area contributed by atoms with Crippen LogP contribution >= 0.6 is 0 Å². The second-order valence-corrected chi connectivity index (χ2v) is 13.5. The number of rotatable bonds is 16. The fraction of sp³-hybridized carbons (Fsp3) is 0.857. The third kappa shape index (κ3) is 18.5. The molecule has 0 aliphatic carbocycles. The van der Waals surface area contributed by atoms with Gasteiger partial charge in [-0.15, -0.1) is 0 Å². The summed E-state index contributed by atoms with van der Waals surface area (Å²) in [4.78, 5) is 42.3. The minimum atomic E-state index is -1.11. The Hall–Kier alpha value is -1.49. The van der Waals surface area contributed by atoms with Crippen LogP contribution in [0, 0.1) is 21.7 Å². The summed E-state index contributed by atoms with van der Waals surface area (Å²) in [6, 6.07) is 0. The predicted octanol–water partition coefficient (Wildman–Crippen LogP) is 1.17. The van der Waals surface area contributed by atoms with E-state index in [-0.39, 0.29) is 12.8 Å². The first-order valence-corrected chi connectivity index (χ1v) is 14.5. The Kier molecular flexibility index (Phi) is 20.2. The molecule has 0 N–H and O–H groups in total. The van der Waals surface area contributed by atoms with Gasteiger partial charge in [-0.3, -0.25) is 0 Å². The van der Waals surface area contributed by atoms with Gasteiger partial charge in [0.2, 0.25) is 0 Å². The molecule has 0 unspecified atom stereocenters. The summed E-state index contributed by atoms with van der Waals surface area (Å²) in [6.07, 6.45) is 2.45. The molecule has 0 saturated heterocycles. The summed E-state index contributed by atoms with van der Waals surface area (Å²) in [5, 5.41) is 42.3. The van der Waals surface area contributed by atoms with Gasteiger partial charge in [0.1, 0.15) is 0 Å². The van der Waals surface area contributed by atoms with Crippen molar-refractivity contribution < 1.29 is 66.2 Å². The first-order valence-electron chi connectivity index (χ1n) is 13.2. The molecule has 0 saturated carbocycles. The number of aliphatic carboxylic acids is 4. The van der Waals surface area contributed by atoms with Gasteiger partial charge in [-0.05, 0) is 49.4 Å². The van der Waals surface area contributed by atoms with Gasteiger partial charge in [-0.25, -0.2) is 0 Å². The molecule has 226 valence electrons. The Morgan fingerprint density at radius 3 is 1.03 bits per heavy atom. The molecule has 0 heterocycles. The zero-order valence-electron chi connectivity index (χ0n) is 26.0. The van der Waals surface area contributed by atoms with Gasteiger partial charge >= 0.3 is 66.5 Å². The molecule has 0 aliphatic rings. The molecule has 0 rings (SSSR count). The van der Waals surface area contributed by atoms with E-state index in [4.69, 9.17) is 6.64 Å². The van der Waals surface area contributed by atoms with Gasteiger partial charge in [0.25, 0.3) is 0 Å². The van der Waals surface area contributed by atoms with E-state index in [1.165, 1.54) is 0 Å². The van der Waals surface area contributed by atoms with Crippen LogP contribution in [-0.2, 0) is 45.7 Å². The first kappa shape index (κ1) is 42.0. The molecule has 11 heteroatoms. The molecule has 0 fully saturated rings. The van der Waals surface area contributed by atoms with Crippen LogP contribution in [0.3, 0.4) is 0 Å². The molecule has 0 radical (unpaired) electrons. The fourth-order valence-electron chi connectivity index (χ4n) is 2.75. The molecule has 39 heavy (non-hydrogen) atoms. The Morgan fingerprint density at radius 1 is 0.590 bits per heavy atom. The van der Waals surface area contributed by atoms with Crippen LogP contribution in [0.4, 0.5) is 0 Å². The number of hydrogen-bond donors (Lipinski definition) is 0. The summed E-state index contributed by atoms with van der Waals surface area (Å²) >= 11 is -0.574. The first-order chi connectivity index (χ1) is 17.3. The van der Waals surface area contributed by atoms with Crippen molar-refractivity contribution >= 4 is 23.9 Å². The number of carboxylic acid groups (broad SMARTS) is 4. The Bertz CT molecular complexity index is 693. The van der Waals surface area contributed by atoms with Gasteiger partial charge in [-0.2, -0.15) is 0 Å². The van der Waals surface area contributed by atoms with E-state index in [1.807, 2.05) is 27.7 Å². The molecule has 0 spiro atoms. The van der Waals surface area contributed by atoms with Crippen molar-refractivity contribution in [1.82, 2.24) is 0 Å². The second-order valence-electron chi connectivity index (χ2n) is 12.5. The third-order valence-corrected chi connectivity index (χ3v) is 9.11. The Morgan fingerprint density at radius 2 is 0.846 bits per heavy atom. The Labute approximate surface area is 245 Å². The molecule has 0 aromatic rings. The molecular weight excluding hydrogens is 544 g/mol. The maximum absolute atomic E-state index is 10.9. The van der Waals surface area contributed by atoms with Gasteiger partial charge in [-0.1, -0.05) is 55.4 Å². The zero-order valence-corrected chi connectivity index (χ0v) is 27.5. The third-order valence-electron chi connectivity index (χ3n) is 7.34. The average Bonchev–Trinajstić information content (AvgIpc) is 2.72. The molecular formula is C28H50O10Ti. The predicted molar refractivity (Wildman–Crippen MR) is 135 cm³/mol. The molecule has 0 atom stereocenters. The zero-order chi connectivity index (χ0) is 31.8. The van der Waals surface area contributed by atoms with Crippen LogP contribution in [0.2, 0.25) is 0 Å². The quantitative estimate of drug-likeness (QED) is 0.236. The number of carbonyl (C=O) groups is 4. The van der Waals surface area contributed by atoms with Crippen molar-refractivity contribution in [2.45, 2.75) is 134 Å². The van der Waals surface area contributed by atoms with E-state index in [1.54, 1.807) is 55.4 Å². The van der Waals surface area contributed by atoms with E-state index in [9.17, 15) is 39.6 Å². The number of carboxylic acids is 4. The molecule has 0 bridgehead atoms. The van der Waals surface area contributed by atoms with E-state index in [2.05, 4.69) is 0 Å². The standard InChI is InChI=1S/2C11H20O4.2C3H7O.Ti/c2*1-10(2,7-5-6-8(12)13)11(3,4)9(14)15;2*1-3(2)4;/h2*5-7H2,1-4H3,(H,12,13)(H,14,15);2*3H,1-2H3;/q;;2*-1;+6/p-4. The van der Waals surface area contributed by atoms with Crippen LogP contribution < -0.4 is 20.4 Å². The van der Waals surface area contributed by atoms with Crippen molar-refractivity contribution in [3.8, 4) is 0 Å². The van der Waals surface area contributed by atoms with E-state index in [0.29, 0.717) is 37.9 Å². The second kappa shape index (κ2) is 18.8. The average molecular weight is 595 g/mol. The maximum atomic E-state index is 10.9. The van der Waals surface area contributed by atoms with Crippen LogP contribution in [-0.4, -0.2) is 36.1 Å². The summed E-state index contributed by atoms with van der Waals surface area (Å²) in [7, 11) is 0. The molecule has 0 aromatic heterocycles. The van der Waals surface area contributed by atoms with Crippen molar-refractivity contribution in [2.75, 3.05) is 0 Å². The summed E-state index contributed by atoms with van der Waals surface area (Å²) in [5.74, 6) is -4.42. The van der Waals surface area contributed by atoms with Crippen LogP contribution in [0.1, 0.15) is 122 Å². The summed E-state index contributed by atoms with van der Waals surface area (Å²) in [6.45, 7) is 21.7. The van der Waals surface area contributed by atoms with E-state index in [0.717, 1.165) is 0 Å². The van der Waals surface area contributed by atoms with E-state index >= 15 is 0 Å². The van der Waals surface area contributed by atoms with Crippen molar-refractivity contribution in [3.63, 3.8) is 0 Å².